The summed E-state index contributed by atoms with van der Waals surface area (Å²) in [6.07, 6.45) is 6.50. The van der Waals surface area contributed by atoms with Crippen molar-refractivity contribution in [3.63, 3.8) is 0 Å². The van der Waals surface area contributed by atoms with E-state index in [4.69, 9.17) is 9.84 Å². The Morgan fingerprint density at radius 2 is 2.05 bits per heavy atom. The molecule has 2 aliphatic carbocycles. The van der Waals surface area contributed by atoms with Crippen LogP contribution in [-0.2, 0) is 11.2 Å². The summed E-state index contributed by atoms with van der Waals surface area (Å²) in [6.45, 7) is 1.17. The number of aliphatic hydroxyl groups excluding tert-OH is 1. The summed E-state index contributed by atoms with van der Waals surface area (Å²) in [6, 6.07) is 9.15. The van der Waals surface area contributed by atoms with Crippen molar-refractivity contribution in [1.29, 1.82) is 0 Å². The molecular formula is C17H23NO2. The van der Waals surface area contributed by atoms with Crippen LogP contribution in [0.25, 0.3) is 0 Å². The molecule has 0 radical (unpaired) electrons. The summed E-state index contributed by atoms with van der Waals surface area (Å²) in [5.41, 5.74) is 2.85. The Balaban J connectivity index is 1.48. The van der Waals surface area contributed by atoms with E-state index in [2.05, 4.69) is 29.6 Å². The van der Waals surface area contributed by atoms with Gasteiger partial charge in [0.05, 0.1) is 6.10 Å². The molecule has 3 unspecified atom stereocenters. The summed E-state index contributed by atoms with van der Waals surface area (Å²) >= 11 is 0. The summed E-state index contributed by atoms with van der Waals surface area (Å²) in [4.78, 5) is 0. The Morgan fingerprint density at radius 3 is 2.70 bits per heavy atom. The van der Waals surface area contributed by atoms with E-state index < -0.39 is 0 Å². The van der Waals surface area contributed by atoms with Crippen molar-refractivity contribution >= 4 is 5.69 Å². The maximum Gasteiger partial charge on any atom is 0.0699 e. The van der Waals surface area contributed by atoms with E-state index in [1.165, 1.54) is 36.9 Å². The number of hydrogen-bond donors (Lipinski definition) is 2. The van der Waals surface area contributed by atoms with Gasteiger partial charge in [0, 0.05) is 36.3 Å². The monoisotopic (exact) mass is 273 g/mol. The molecule has 2 N–H and O–H groups in total. The average molecular weight is 273 g/mol. The number of rotatable bonds is 4. The van der Waals surface area contributed by atoms with Crippen LogP contribution in [0.2, 0.25) is 0 Å². The third-order valence-electron chi connectivity index (χ3n) is 5.71. The molecule has 108 valence electrons. The fourth-order valence-corrected chi connectivity index (χ4v) is 4.53. The summed E-state index contributed by atoms with van der Waals surface area (Å²) in [5.74, 6) is 0.715. The van der Waals surface area contributed by atoms with Crippen LogP contribution in [0.1, 0.15) is 31.2 Å². The fraction of sp³-hybridized carbons (Fsp3) is 0.647. The van der Waals surface area contributed by atoms with E-state index >= 15 is 0 Å². The van der Waals surface area contributed by atoms with Crippen LogP contribution >= 0.6 is 0 Å². The van der Waals surface area contributed by atoms with Gasteiger partial charge in [0.2, 0.25) is 0 Å². The number of aliphatic hydroxyl groups is 1. The first-order valence-electron chi connectivity index (χ1n) is 7.91. The van der Waals surface area contributed by atoms with Crippen LogP contribution in [0.4, 0.5) is 5.69 Å². The Bertz CT molecular complexity index is 480. The lowest BCUT2D eigenvalue weighted by Gasteiger charge is -2.63. The molecule has 3 nitrogen and oxygen atoms in total. The second kappa shape index (κ2) is 4.74. The zero-order valence-electron chi connectivity index (χ0n) is 11.8. The fourth-order valence-electron chi connectivity index (χ4n) is 4.53. The van der Waals surface area contributed by atoms with Crippen molar-refractivity contribution in [2.75, 3.05) is 18.5 Å². The van der Waals surface area contributed by atoms with Crippen molar-refractivity contribution in [2.24, 2.45) is 11.3 Å². The third-order valence-corrected chi connectivity index (χ3v) is 5.71. The second-order valence-electron chi connectivity index (χ2n) is 6.62. The number of hydrogen-bond acceptors (Lipinski definition) is 3. The van der Waals surface area contributed by atoms with Gasteiger partial charge in [0.25, 0.3) is 0 Å². The molecule has 1 heterocycles. The second-order valence-corrected chi connectivity index (χ2v) is 6.62. The van der Waals surface area contributed by atoms with Gasteiger partial charge in [-0.25, -0.2) is 0 Å². The van der Waals surface area contributed by atoms with E-state index in [0.717, 1.165) is 13.0 Å². The van der Waals surface area contributed by atoms with Crippen molar-refractivity contribution in [1.82, 2.24) is 0 Å². The van der Waals surface area contributed by atoms with Crippen LogP contribution in [0, 0.1) is 11.3 Å². The van der Waals surface area contributed by atoms with Crippen molar-refractivity contribution in [2.45, 2.75) is 44.2 Å². The molecule has 1 aromatic rings. The molecule has 0 aromatic heterocycles. The molecule has 3 atom stereocenters. The molecule has 20 heavy (non-hydrogen) atoms. The average Bonchev–Trinajstić information content (AvgIpc) is 2.82. The first-order chi connectivity index (χ1) is 9.83. The van der Waals surface area contributed by atoms with Gasteiger partial charge < -0.3 is 15.2 Å². The molecule has 3 heteroatoms. The largest absolute Gasteiger partial charge is 0.396 e. The molecule has 3 aliphatic rings. The standard InChI is InChI=1S/C17H23NO2/c19-10-6-12-2-4-13(5-3-12)18-15-14-7-11-20-16(14)17(15)8-1-9-17/h2-5,14-16,18-19H,1,6-11H2. The molecule has 3 fully saturated rings. The number of fused-ring (bicyclic) bond motifs is 2. The Hall–Kier alpha value is -1.06. The molecule has 0 bridgehead atoms. The zero-order valence-corrected chi connectivity index (χ0v) is 11.8. The van der Waals surface area contributed by atoms with Gasteiger partial charge in [-0.1, -0.05) is 18.6 Å². The van der Waals surface area contributed by atoms with E-state index in [-0.39, 0.29) is 6.61 Å². The predicted molar refractivity (Wildman–Crippen MR) is 78.8 cm³/mol. The molecule has 1 spiro atoms. The topological polar surface area (TPSA) is 41.5 Å². The summed E-state index contributed by atoms with van der Waals surface area (Å²) < 4.78 is 5.96. The van der Waals surface area contributed by atoms with Crippen molar-refractivity contribution < 1.29 is 9.84 Å². The van der Waals surface area contributed by atoms with Crippen LogP contribution in [0.3, 0.4) is 0 Å². The quantitative estimate of drug-likeness (QED) is 0.886. The van der Waals surface area contributed by atoms with Gasteiger partial charge in [-0.3, -0.25) is 0 Å². The Morgan fingerprint density at radius 1 is 1.25 bits per heavy atom. The molecule has 1 saturated heterocycles. The van der Waals surface area contributed by atoms with Crippen LogP contribution in [0.5, 0.6) is 0 Å². The highest BCUT2D eigenvalue weighted by atomic mass is 16.5. The minimum Gasteiger partial charge on any atom is -0.396 e. The number of ether oxygens (including phenoxy) is 1. The van der Waals surface area contributed by atoms with Crippen LogP contribution in [0.15, 0.2) is 24.3 Å². The molecule has 1 aliphatic heterocycles. The van der Waals surface area contributed by atoms with E-state index in [1.807, 2.05) is 0 Å². The van der Waals surface area contributed by atoms with E-state index in [0.29, 0.717) is 23.5 Å². The van der Waals surface area contributed by atoms with Gasteiger partial charge in [-0.05, 0) is 43.4 Å². The SMILES string of the molecule is OCCc1ccc(NC2C3CCOC3C23CCC3)cc1. The molecule has 2 saturated carbocycles. The maximum absolute atomic E-state index is 8.96. The molecule has 4 rings (SSSR count). The lowest BCUT2D eigenvalue weighted by molar-refractivity contribution is -0.158. The summed E-state index contributed by atoms with van der Waals surface area (Å²) in [5, 5.41) is 12.7. The molecular weight excluding hydrogens is 250 g/mol. The molecule has 1 aromatic carbocycles. The van der Waals surface area contributed by atoms with Gasteiger partial charge in [0.1, 0.15) is 0 Å². The zero-order chi connectivity index (χ0) is 13.6. The van der Waals surface area contributed by atoms with Crippen LogP contribution < -0.4 is 5.32 Å². The number of nitrogens with one attached hydrogen (secondary N) is 1. The predicted octanol–water partition coefficient (Wildman–Crippen LogP) is 2.59. The van der Waals surface area contributed by atoms with E-state index in [9.17, 15) is 0 Å². The van der Waals surface area contributed by atoms with Crippen molar-refractivity contribution in [3.05, 3.63) is 29.8 Å². The highest BCUT2D eigenvalue weighted by Gasteiger charge is 2.66. The normalized spacial score (nSPS) is 33.4. The number of benzene rings is 1. The number of anilines is 1. The van der Waals surface area contributed by atoms with Gasteiger partial charge in [-0.2, -0.15) is 0 Å². The molecule has 0 amide bonds. The Labute approximate surface area is 120 Å². The van der Waals surface area contributed by atoms with Crippen molar-refractivity contribution in [3.8, 4) is 0 Å². The minimum atomic E-state index is 0.222. The third kappa shape index (κ3) is 1.73. The Kier molecular flexibility index (Phi) is 3.00. The first-order valence-corrected chi connectivity index (χ1v) is 7.91. The maximum atomic E-state index is 8.96. The lowest BCUT2D eigenvalue weighted by Crippen LogP contribution is -2.68. The van der Waals surface area contributed by atoms with Gasteiger partial charge in [-0.15, -0.1) is 0 Å². The first kappa shape index (κ1) is 12.7. The minimum absolute atomic E-state index is 0.222. The van der Waals surface area contributed by atoms with E-state index in [1.54, 1.807) is 0 Å². The highest BCUT2D eigenvalue weighted by Crippen LogP contribution is 2.63. The summed E-state index contributed by atoms with van der Waals surface area (Å²) in [7, 11) is 0. The lowest BCUT2D eigenvalue weighted by atomic mass is 9.46. The van der Waals surface area contributed by atoms with Crippen LogP contribution in [-0.4, -0.2) is 30.5 Å². The van der Waals surface area contributed by atoms with Gasteiger partial charge >= 0.3 is 0 Å². The highest BCUT2D eigenvalue weighted by molar-refractivity contribution is 5.48. The smallest absolute Gasteiger partial charge is 0.0699 e. The van der Waals surface area contributed by atoms with Gasteiger partial charge in [0.15, 0.2) is 0 Å².